The summed E-state index contributed by atoms with van der Waals surface area (Å²) >= 11 is 1.56. The number of aromatic nitrogens is 1. The van der Waals surface area contributed by atoms with E-state index < -0.39 is 0 Å². The van der Waals surface area contributed by atoms with Crippen LogP contribution in [0.25, 0.3) is 5.57 Å². The molecule has 0 radical (unpaired) electrons. The van der Waals surface area contributed by atoms with Gasteiger partial charge in [-0.2, -0.15) is 0 Å². The van der Waals surface area contributed by atoms with E-state index in [1.165, 1.54) is 7.11 Å². The minimum Gasteiger partial charge on any atom is -0.497 e. The molecule has 0 N–H and O–H groups in total. The number of aryl methyl sites for hydroxylation is 1. The van der Waals surface area contributed by atoms with Crippen molar-refractivity contribution in [1.29, 1.82) is 0 Å². The summed E-state index contributed by atoms with van der Waals surface area (Å²) in [6, 6.07) is 0. The molecule has 0 spiro atoms. The zero-order valence-electron chi connectivity index (χ0n) is 14.3. The average Bonchev–Trinajstić information content (AvgIpc) is 3.09. The highest BCUT2D eigenvalue weighted by atomic mass is 32.1. The highest BCUT2D eigenvalue weighted by Crippen LogP contribution is 2.22. The smallest absolute Gasteiger partial charge is 0.305 e. The first-order valence-corrected chi connectivity index (χ1v) is 8.76. The van der Waals surface area contributed by atoms with Crippen LogP contribution in [-0.4, -0.2) is 25.2 Å². The highest BCUT2D eigenvalue weighted by Gasteiger charge is 2.07. The molecule has 0 aliphatic heterocycles. The Balaban J connectivity index is 2.16. The summed E-state index contributed by atoms with van der Waals surface area (Å²) in [5.41, 5.74) is 1.90. The first-order valence-electron chi connectivity index (χ1n) is 7.88. The Bertz CT molecular complexity index is 764. The number of carbonyl (C=O) groups is 1. The lowest BCUT2D eigenvalue weighted by atomic mass is 10.2. The molecule has 2 rings (SSSR count). The number of allylic oxidation sites excluding steroid dienone is 11. The Morgan fingerprint density at radius 1 is 1.04 bits per heavy atom. The van der Waals surface area contributed by atoms with E-state index in [0.717, 1.165) is 22.0 Å². The number of hydrogen-bond donors (Lipinski definition) is 0. The molecule has 1 aliphatic carbocycles. The summed E-state index contributed by atoms with van der Waals surface area (Å²) in [6.45, 7) is 0. The van der Waals surface area contributed by atoms with Crippen molar-refractivity contribution < 1.29 is 14.3 Å². The number of ether oxygens (including phenoxy) is 2. The molecule has 25 heavy (non-hydrogen) atoms. The van der Waals surface area contributed by atoms with Crippen molar-refractivity contribution in [2.24, 2.45) is 0 Å². The van der Waals surface area contributed by atoms with Crippen molar-refractivity contribution in [3.63, 3.8) is 0 Å². The van der Waals surface area contributed by atoms with Crippen molar-refractivity contribution in [1.82, 2.24) is 4.98 Å². The zero-order chi connectivity index (χ0) is 17.9. The fourth-order valence-electron chi connectivity index (χ4n) is 2.02. The summed E-state index contributed by atoms with van der Waals surface area (Å²) in [6.07, 6.45) is 20.4. The van der Waals surface area contributed by atoms with Gasteiger partial charge in [0.15, 0.2) is 0 Å². The Morgan fingerprint density at radius 3 is 2.56 bits per heavy atom. The molecule has 5 heteroatoms. The maximum Gasteiger partial charge on any atom is 0.305 e. The summed E-state index contributed by atoms with van der Waals surface area (Å²) in [7, 11) is 3.04. The Labute approximate surface area is 152 Å². The second-order valence-corrected chi connectivity index (χ2v) is 5.96. The Morgan fingerprint density at radius 2 is 1.80 bits per heavy atom. The number of thiazole rings is 1. The van der Waals surface area contributed by atoms with Crippen LogP contribution in [0.1, 0.15) is 17.1 Å². The van der Waals surface area contributed by atoms with Crippen LogP contribution in [0.15, 0.2) is 71.9 Å². The van der Waals surface area contributed by atoms with Gasteiger partial charge in [-0.05, 0) is 12.2 Å². The normalized spacial score (nSPS) is 14.3. The van der Waals surface area contributed by atoms with Gasteiger partial charge in [0.2, 0.25) is 0 Å². The molecule has 0 amide bonds. The van der Waals surface area contributed by atoms with E-state index in [1.54, 1.807) is 18.4 Å². The molecule has 1 aliphatic rings. The first-order chi connectivity index (χ1) is 12.2. The first kappa shape index (κ1) is 18.7. The SMILES string of the molecule is COC(=O)CCc1csc(C2=CC=CC=CC=C(OC)C=CC=C2)n1. The van der Waals surface area contributed by atoms with Crippen molar-refractivity contribution in [2.45, 2.75) is 12.8 Å². The van der Waals surface area contributed by atoms with Crippen molar-refractivity contribution in [2.75, 3.05) is 14.2 Å². The summed E-state index contributed by atoms with van der Waals surface area (Å²) < 4.78 is 9.94. The highest BCUT2D eigenvalue weighted by molar-refractivity contribution is 7.10. The quantitative estimate of drug-likeness (QED) is 0.735. The fraction of sp³-hybridized carbons (Fsp3) is 0.200. The third-order valence-corrected chi connectivity index (χ3v) is 4.30. The van der Waals surface area contributed by atoms with Gasteiger partial charge in [-0.25, -0.2) is 4.98 Å². The van der Waals surface area contributed by atoms with Crippen LogP contribution < -0.4 is 0 Å². The lowest BCUT2D eigenvalue weighted by molar-refractivity contribution is -0.140. The minimum absolute atomic E-state index is 0.221. The molecular weight excluding hydrogens is 334 g/mol. The van der Waals surface area contributed by atoms with Gasteiger partial charge in [-0.1, -0.05) is 48.6 Å². The predicted octanol–water partition coefficient (Wildman–Crippen LogP) is 4.40. The maximum absolute atomic E-state index is 11.3. The molecule has 1 aromatic rings. The van der Waals surface area contributed by atoms with Crippen molar-refractivity contribution in [3.8, 4) is 0 Å². The van der Waals surface area contributed by atoms with Crippen LogP contribution in [0.3, 0.4) is 0 Å². The minimum atomic E-state index is -0.221. The molecule has 130 valence electrons. The standard InChI is InChI=1S/C20H21NO3S/c1-23-18-11-6-4-3-5-9-16(10-7-8-12-18)20-21-17(15-25-20)13-14-19(22)24-2/h3-12,15H,13-14H2,1-2H3. The van der Waals surface area contributed by atoms with Crippen LogP contribution >= 0.6 is 11.3 Å². The molecule has 0 fully saturated rings. The van der Waals surface area contributed by atoms with Gasteiger partial charge in [-0.3, -0.25) is 4.79 Å². The van der Waals surface area contributed by atoms with E-state index in [4.69, 9.17) is 4.74 Å². The van der Waals surface area contributed by atoms with Crippen LogP contribution in [0.4, 0.5) is 0 Å². The van der Waals surface area contributed by atoms with Gasteiger partial charge in [0.05, 0.1) is 26.3 Å². The Kier molecular flexibility index (Phi) is 7.66. The van der Waals surface area contributed by atoms with Crippen molar-refractivity contribution >= 4 is 22.9 Å². The van der Waals surface area contributed by atoms with E-state index >= 15 is 0 Å². The van der Waals surface area contributed by atoms with Crippen LogP contribution in [-0.2, 0) is 20.7 Å². The van der Waals surface area contributed by atoms with Crippen LogP contribution in [0, 0.1) is 0 Å². The summed E-state index contributed by atoms with van der Waals surface area (Å²) in [5.74, 6) is 0.557. The topological polar surface area (TPSA) is 48.4 Å². The Hall–Kier alpha value is -2.66. The fourth-order valence-corrected chi connectivity index (χ4v) is 2.88. The molecular formula is C20H21NO3S. The number of nitrogens with zero attached hydrogens (tertiary/aromatic N) is 1. The third-order valence-electron chi connectivity index (χ3n) is 3.36. The van der Waals surface area contributed by atoms with Gasteiger partial charge in [0.1, 0.15) is 10.8 Å². The number of methoxy groups -OCH3 is 2. The number of esters is 1. The molecule has 0 bridgehead atoms. The van der Waals surface area contributed by atoms with Gasteiger partial charge in [-0.15, -0.1) is 11.3 Å². The third kappa shape index (κ3) is 6.39. The summed E-state index contributed by atoms with van der Waals surface area (Å²) in [4.78, 5) is 15.9. The van der Waals surface area contributed by atoms with E-state index in [-0.39, 0.29) is 5.97 Å². The molecule has 0 aromatic carbocycles. The molecule has 0 saturated heterocycles. The van der Waals surface area contributed by atoms with Crippen LogP contribution in [0.5, 0.6) is 0 Å². The van der Waals surface area contributed by atoms with E-state index in [1.807, 2.05) is 66.1 Å². The van der Waals surface area contributed by atoms with Crippen molar-refractivity contribution in [3.05, 3.63) is 82.6 Å². The zero-order valence-corrected chi connectivity index (χ0v) is 15.2. The van der Waals surface area contributed by atoms with Gasteiger partial charge in [0, 0.05) is 17.4 Å². The largest absolute Gasteiger partial charge is 0.497 e. The molecule has 0 unspecified atom stereocenters. The van der Waals surface area contributed by atoms with Crippen LogP contribution in [0.2, 0.25) is 0 Å². The molecule has 1 heterocycles. The number of carbonyl (C=O) groups excluding carboxylic acids is 1. The second-order valence-electron chi connectivity index (χ2n) is 5.10. The van der Waals surface area contributed by atoms with E-state index in [0.29, 0.717) is 12.8 Å². The van der Waals surface area contributed by atoms with E-state index in [2.05, 4.69) is 9.72 Å². The maximum atomic E-state index is 11.3. The predicted molar refractivity (Wildman–Crippen MR) is 102 cm³/mol. The number of hydrogen-bond acceptors (Lipinski definition) is 5. The molecule has 1 aromatic heterocycles. The molecule has 0 atom stereocenters. The lowest BCUT2D eigenvalue weighted by Gasteiger charge is -1.98. The van der Waals surface area contributed by atoms with Gasteiger partial charge >= 0.3 is 5.97 Å². The monoisotopic (exact) mass is 355 g/mol. The number of rotatable bonds is 5. The molecule has 4 nitrogen and oxygen atoms in total. The lowest BCUT2D eigenvalue weighted by Crippen LogP contribution is -2.02. The average molecular weight is 355 g/mol. The van der Waals surface area contributed by atoms with Gasteiger partial charge < -0.3 is 9.47 Å². The second kappa shape index (κ2) is 10.3. The molecule has 0 saturated carbocycles. The van der Waals surface area contributed by atoms with Gasteiger partial charge in [0.25, 0.3) is 0 Å². The summed E-state index contributed by atoms with van der Waals surface area (Å²) in [5, 5.41) is 2.90. The van der Waals surface area contributed by atoms with E-state index in [9.17, 15) is 4.79 Å².